The van der Waals surface area contributed by atoms with E-state index in [1.807, 2.05) is 12.1 Å². The number of carbonyl (C=O) groups is 2. The van der Waals surface area contributed by atoms with Crippen molar-refractivity contribution in [2.24, 2.45) is 11.3 Å². The zero-order valence-corrected chi connectivity index (χ0v) is 16.6. The molecule has 3 rings (SSSR count). The second kappa shape index (κ2) is 8.39. The van der Waals surface area contributed by atoms with Gasteiger partial charge in [-0.05, 0) is 55.7 Å². The third kappa shape index (κ3) is 4.41. The molecule has 0 radical (unpaired) electrons. The lowest BCUT2D eigenvalue weighted by Crippen LogP contribution is -2.30. The number of ether oxygens (including phenoxy) is 2. The van der Waals surface area contributed by atoms with Crippen molar-refractivity contribution in [1.29, 1.82) is 0 Å². The van der Waals surface area contributed by atoms with Crippen LogP contribution in [0.5, 0.6) is 11.5 Å². The number of hydrogen-bond acceptors (Lipinski definition) is 5. The van der Waals surface area contributed by atoms with Crippen molar-refractivity contribution in [2.75, 3.05) is 6.61 Å². The van der Waals surface area contributed by atoms with Crippen molar-refractivity contribution in [3.05, 3.63) is 58.1 Å². The SMILES string of the molecule is CCOC(=O)[C@@]1(Cc2ccc(Oc3cc(Cl)cc(Cl)c3)cc2)C[C@@H]1C(=O)NO. The molecule has 0 spiro atoms. The lowest BCUT2D eigenvalue weighted by atomic mass is 9.93. The second-order valence-corrected chi connectivity index (χ2v) is 7.51. The zero-order chi connectivity index (χ0) is 20.3. The molecule has 28 heavy (non-hydrogen) atoms. The maximum atomic E-state index is 12.4. The molecule has 1 amide bonds. The van der Waals surface area contributed by atoms with Crippen molar-refractivity contribution in [3.8, 4) is 11.5 Å². The predicted molar refractivity (Wildman–Crippen MR) is 104 cm³/mol. The normalized spacial score (nSPS) is 20.4. The van der Waals surface area contributed by atoms with Crippen LogP contribution in [-0.4, -0.2) is 23.7 Å². The Kier molecular flexibility index (Phi) is 6.13. The molecule has 1 aliphatic carbocycles. The summed E-state index contributed by atoms with van der Waals surface area (Å²) in [6, 6.07) is 12.1. The van der Waals surface area contributed by atoms with E-state index in [1.165, 1.54) is 0 Å². The van der Waals surface area contributed by atoms with Gasteiger partial charge in [0.05, 0.1) is 17.9 Å². The first-order chi connectivity index (χ1) is 13.4. The quantitative estimate of drug-likeness (QED) is 0.391. The van der Waals surface area contributed by atoms with Crippen LogP contribution < -0.4 is 10.2 Å². The van der Waals surface area contributed by atoms with E-state index in [4.69, 9.17) is 37.9 Å². The molecule has 0 saturated heterocycles. The summed E-state index contributed by atoms with van der Waals surface area (Å²) in [4.78, 5) is 24.2. The van der Waals surface area contributed by atoms with Gasteiger partial charge < -0.3 is 9.47 Å². The van der Waals surface area contributed by atoms with Crippen molar-refractivity contribution in [2.45, 2.75) is 19.8 Å². The van der Waals surface area contributed by atoms with E-state index >= 15 is 0 Å². The highest BCUT2D eigenvalue weighted by Crippen LogP contribution is 2.56. The van der Waals surface area contributed by atoms with E-state index in [0.29, 0.717) is 34.4 Å². The van der Waals surface area contributed by atoms with E-state index in [9.17, 15) is 9.59 Å². The van der Waals surface area contributed by atoms with Gasteiger partial charge in [-0.2, -0.15) is 0 Å². The van der Waals surface area contributed by atoms with Gasteiger partial charge in [-0.1, -0.05) is 35.3 Å². The highest BCUT2D eigenvalue weighted by Gasteiger charge is 2.64. The fourth-order valence-corrected chi connectivity index (χ4v) is 3.76. The van der Waals surface area contributed by atoms with Gasteiger partial charge in [-0.3, -0.25) is 14.8 Å². The van der Waals surface area contributed by atoms with Crippen LogP contribution in [0.25, 0.3) is 0 Å². The van der Waals surface area contributed by atoms with Crippen LogP contribution in [0.3, 0.4) is 0 Å². The summed E-state index contributed by atoms with van der Waals surface area (Å²) in [5, 5.41) is 9.82. The Morgan fingerprint density at radius 2 is 1.79 bits per heavy atom. The van der Waals surface area contributed by atoms with Gasteiger partial charge in [-0.25, -0.2) is 5.48 Å². The molecule has 6 nitrogen and oxygen atoms in total. The number of hydrogen-bond donors (Lipinski definition) is 2. The average Bonchev–Trinajstić information content (AvgIpc) is 3.37. The fraction of sp³-hybridized carbons (Fsp3) is 0.300. The van der Waals surface area contributed by atoms with Gasteiger partial charge in [0.1, 0.15) is 11.5 Å². The average molecular weight is 424 g/mol. The Morgan fingerprint density at radius 3 is 2.36 bits per heavy atom. The number of amides is 1. The monoisotopic (exact) mass is 423 g/mol. The number of rotatable bonds is 7. The molecule has 1 aliphatic rings. The largest absolute Gasteiger partial charge is 0.466 e. The third-order valence-electron chi connectivity index (χ3n) is 4.70. The fourth-order valence-electron chi connectivity index (χ4n) is 3.26. The van der Waals surface area contributed by atoms with Gasteiger partial charge in [0.15, 0.2) is 0 Å². The van der Waals surface area contributed by atoms with Gasteiger partial charge in [-0.15, -0.1) is 0 Å². The molecular formula is C20H19Cl2NO5. The Morgan fingerprint density at radius 1 is 1.14 bits per heavy atom. The van der Waals surface area contributed by atoms with Gasteiger partial charge >= 0.3 is 5.97 Å². The number of halogens is 2. The maximum absolute atomic E-state index is 12.4. The number of carbonyl (C=O) groups excluding carboxylic acids is 2. The lowest BCUT2D eigenvalue weighted by molar-refractivity contribution is -0.152. The number of hydroxylamine groups is 1. The molecule has 1 saturated carbocycles. The first kappa shape index (κ1) is 20.5. The molecule has 2 aromatic carbocycles. The summed E-state index contributed by atoms with van der Waals surface area (Å²) >= 11 is 11.9. The van der Waals surface area contributed by atoms with E-state index in [0.717, 1.165) is 5.56 Å². The molecule has 2 N–H and O–H groups in total. The van der Waals surface area contributed by atoms with Crippen molar-refractivity contribution in [1.82, 2.24) is 5.48 Å². The van der Waals surface area contributed by atoms with Crippen LogP contribution in [0, 0.1) is 11.3 Å². The molecule has 0 bridgehead atoms. The predicted octanol–water partition coefficient (Wildman–Crippen LogP) is 4.40. The van der Waals surface area contributed by atoms with Crippen LogP contribution >= 0.6 is 23.2 Å². The molecule has 8 heteroatoms. The summed E-state index contributed by atoms with van der Waals surface area (Å²) in [7, 11) is 0. The molecule has 2 atom stereocenters. The van der Waals surface area contributed by atoms with Crippen LogP contribution in [0.15, 0.2) is 42.5 Å². The minimum Gasteiger partial charge on any atom is -0.466 e. The maximum Gasteiger partial charge on any atom is 0.313 e. The molecule has 0 heterocycles. The Balaban J connectivity index is 1.73. The number of nitrogens with one attached hydrogen (secondary N) is 1. The van der Waals surface area contributed by atoms with Gasteiger partial charge in [0.2, 0.25) is 5.91 Å². The molecule has 0 aliphatic heterocycles. The third-order valence-corrected chi connectivity index (χ3v) is 5.14. The van der Waals surface area contributed by atoms with Crippen LogP contribution in [-0.2, 0) is 20.7 Å². The van der Waals surface area contributed by atoms with E-state index in [2.05, 4.69) is 0 Å². The summed E-state index contributed by atoms with van der Waals surface area (Å²) in [6.45, 7) is 1.94. The molecular weight excluding hydrogens is 405 g/mol. The first-order valence-electron chi connectivity index (χ1n) is 8.72. The smallest absolute Gasteiger partial charge is 0.313 e. The molecule has 1 fully saturated rings. The van der Waals surface area contributed by atoms with Gasteiger partial charge in [0.25, 0.3) is 0 Å². The summed E-state index contributed by atoms with van der Waals surface area (Å²) < 4.78 is 10.9. The van der Waals surface area contributed by atoms with Crippen LogP contribution in [0.2, 0.25) is 10.0 Å². The Bertz CT molecular complexity index is 866. The first-order valence-corrected chi connectivity index (χ1v) is 9.47. The Labute approximate surface area is 172 Å². The minimum atomic E-state index is -0.953. The van der Waals surface area contributed by atoms with E-state index in [-0.39, 0.29) is 6.61 Å². The summed E-state index contributed by atoms with van der Waals surface area (Å²) in [5.74, 6) is -0.535. The highest BCUT2D eigenvalue weighted by molar-refractivity contribution is 6.34. The highest BCUT2D eigenvalue weighted by atomic mass is 35.5. The van der Waals surface area contributed by atoms with Crippen LogP contribution in [0.4, 0.5) is 0 Å². The van der Waals surface area contributed by atoms with Crippen molar-refractivity contribution in [3.63, 3.8) is 0 Å². The molecule has 0 unspecified atom stereocenters. The van der Waals surface area contributed by atoms with Crippen LogP contribution in [0.1, 0.15) is 18.9 Å². The molecule has 2 aromatic rings. The molecule has 148 valence electrons. The van der Waals surface area contributed by atoms with Crippen molar-refractivity contribution >= 4 is 35.1 Å². The van der Waals surface area contributed by atoms with Crippen molar-refractivity contribution < 1.29 is 24.3 Å². The van der Waals surface area contributed by atoms with E-state index < -0.39 is 23.2 Å². The number of benzene rings is 2. The standard InChI is InChI=1S/C20H19Cl2NO5/c1-2-27-19(25)20(11-17(20)18(24)23-26)10-12-3-5-15(6-4-12)28-16-8-13(21)7-14(22)9-16/h3-9,17,26H,2,10-11H2,1H3,(H,23,24)/t17-,20+/m1/s1. The second-order valence-electron chi connectivity index (χ2n) is 6.64. The topological polar surface area (TPSA) is 84.9 Å². The molecule has 0 aromatic heterocycles. The van der Waals surface area contributed by atoms with Gasteiger partial charge in [0, 0.05) is 10.0 Å². The zero-order valence-electron chi connectivity index (χ0n) is 15.1. The summed E-state index contributed by atoms with van der Waals surface area (Å²) in [5.41, 5.74) is 1.51. The Hall–Kier alpha value is -2.28. The summed E-state index contributed by atoms with van der Waals surface area (Å²) in [6.07, 6.45) is 0.657. The minimum absolute atomic E-state index is 0.225. The number of esters is 1. The van der Waals surface area contributed by atoms with E-state index in [1.54, 1.807) is 42.7 Å². The lowest BCUT2D eigenvalue weighted by Gasteiger charge is -2.16.